The van der Waals surface area contributed by atoms with Crippen molar-refractivity contribution >= 4 is 6.08 Å². The third-order valence-corrected chi connectivity index (χ3v) is 10.6. The van der Waals surface area contributed by atoms with Gasteiger partial charge < -0.3 is 10.2 Å². The highest BCUT2D eigenvalue weighted by atomic mass is 16.3. The fourth-order valence-electron chi connectivity index (χ4n) is 8.65. The smallest absolute Gasteiger partial charge is 0.0809 e. The van der Waals surface area contributed by atoms with E-state index in [4.69, 9.17) is 5.10 Å². The molecule has 5 rings (SSSR count). The predicted octanol–water partition coefficient (Wildman–Crippen LogP) is 5.28. The van der Waals surface area contributed by atoms with E-state index in [0.29, 0.717) is 17.3 Å². The van der Waals surface area contributed by atoms with Gasteiger partial charge in [-0.15, -0.1) is 0 Å². The number of aliphatic hydroxyl groups is 2. The van der Waals surface area contributed by atoms with Crippen LogP contribution in [0.5, 0.6) is 0 Å². The number of nitrogens with zero attached hydrogens (tertiary/aromatic N) is 2. The maximum Gasteiger partial charge on any atom is 0.0809 e. The average molecular weight is 427 g/mol. The number of fused-ring (bicyclic) bond motifs is 5. The summed E-state index contributed by atoms with van der Waals surface area (Å²) in [6, 6.07) is 0. The van der Waals surface area contributed by atoms with E-state index in [2.05, 4.69) is 45.4 Å². The first-order valence-electron chi connectivity index (χ1n) is 12.8. The van der Waals surface area contributed by atoms with Crippen LogP contribution in [-0.2, 0) is 6.54 Å². The van der Waals surface area contributed by atoms with E-state index >= 15 is 0 Å². The van der Waals surface area contributed by atoms with Crippen LogP contribution < -0.4 is 0 Å². The molecule has 8 atom stereocenters. The third kappa shape index (κ3) is 3.11. The zero-order valence-electron chi connectivity index (χ0n) is 20.2. The van der Waals surface area contributed by atoms with Crippen molar-refractivity contribution in [2.75, 3.05) is 0 Å². The first-order chi connectivity index (χ1) is 14.7. The summed E-state index contributed by atoms with van der Waals surface area (Å²) in [5.74, 6) is 2.75. The van der Waals surface area contributed by atoms with Crippen molar-refractivity contribution in [3.05, 3.63) is 22.5 Å². The molecule has 1 aromatic heterocycles. The van der Waals surface area contributed by atoms with Gasteiger partial charge in [-0.05, 0) is 113 Å². The van der Waals surface area contributed by atoms with Crippen LogP contribution in [0.25, 0.3) is 6.08 Å². The summed E-state index contributed by atoms with van der Waals surface area (Å²) in [4.78, 5) is 0. The van der Waals surface area contributed by atoms with Crippen molar-refractivity contribution < 1.29 is 10.2 Å². The molecule has 4 aliphatic rings. The molecule has 4 aliphatic carbocycles. The van der Waals surface area contributed by atoms with Crippen molar-refractivity contribution in [1.82, 2.24) is 9.78 Å². The zero-order chi connectivity index (χ0) is 22.1. The van der Waals surface area contributed by atoms with Gasteiger partial charge in [0, 0.05) is 23.2 Å². The van der Waals surface area contributed by atoms with Gasteiger partial charge in [0.05, 0.1) is 17.9 Å². The van der Waals surface area contributed by atoms with E-state index in [1.807, 2.05) is 0 Å². The molecule has 172 valence electrons. The second kappa shape index (κ2) is 7.45. The van der Waals surface area contributed by atoms with Gasteiger partial charge in [-0.25, -0.2) is 0 Å². The molecule has 4 fully saturated rings. The van der Waals surface area contributed by atoms with E-state index in [1.165, 1.54) is 42.5 Å². The maximum atomic E-state index is 11.5. The number of aliphatic hydroxyl groups excluding tert-OH is 2. The molecule has 0 spiro atoms. The first-order valence-corrected chi connectivity index (χ1v) is 12.8. The first kappa shape index (κ1) is 21.7. The molecular weight excluding hydrogens is 384 g/mol. The Morgan fingerprint density at radius 1 is 1.03 bits per heavy atom. The number of hydrogen-bond acceptors (Lipinski definition) is 3. The van der Waals surface area contributed by atoms with Crippen LogP contribution in [0.15, 0.2) is 5.57 Å². The van der Waals surface area contributed by atoms with Gasteiger partial charge in [0.1, 0.15) is 0 Å². The Morgan fingerprint density at radius 2 is 1.77 bits per heavy atom. The Bertz CT molecular complexity index is 888. The normalized spacial score (nSPS) is 46.0. The van der Waals surface area contributed by atoms with Crippen LogP contribution in [0, 0.1) is 48.3 Å². The molecule has 4 nitrogen and oxygen atoms in total. The Morgan fingerprint density at radius 3 is 2.48 bits per heavy atom. The minimum atomic E-state index is -0.332. The molecule has 1 heterocycles. The van der Waals surface area contributed by atoms with Gasteiger partial charge in [0.25, 0.3) is 0 Å². The summed E-state index contributed by atoms with van der Waals surface area (Å²) in [5, 5.41) is 26.5. The van der Waals surface area contributed by atoms with Gasteiger partial charge in [-0.1, -0.05) is 13.8 Å². The minimum absolute atomic E-state index is 0.00688. The molecule has 0 amide bonds. The number of hydrogen-bond donors (Lipinski definition) is 2. The van der Waals surface area contributed by atoms with Gasteiger partial charge in [0.2, 0.25) is 0 Å². The summed E-state index contributed by atoms with van der Waals surface area (Å²) in [6.45, 7) is 12.2. The largest absolute Gasteiger partial charge is 0.393 e. The fraction of sp³-hybridized carbons (Fsp3) is 0.815. The van der Waals surface area contributed by atoms with Crippen molar-refractivity contribution in [3.63, 3.8) is 0 Å². The lowest BCUT2D eigenvalue weighted by Gasteiger charge is -2.60. The van der Waals surface area contributed by atoms with Crippen LogP contribution >= 0.6 is 0 Å². The summed E-state index contributed by atoms with van der Waals surface area (Å²) >= 11 is 0. The third-order valence-electron chi connectivity index (χ3n) is 10.6. The standard InChI is InChI=1S/C27H42N2O2/c1-6-29-17(3)22(16(2)28-29)13-18-14-24-21-8-7-19-15-20(30)9-11-26(19,4)23(21)10-12-27(24,5)25(18)31/h13,19-21,23-25,30-31H,6-12,14-15H2,1-5H3/b18-13+/t19-,20-,21-,23+,24+,25+,26-,27+/m0/s1. The Balaban J connectivity index is 1.46. The number of rotatable bonds is 2. The molecule has 0 radical (unpaired) electrons. The minimum Gasteiger partial charge on any atom is -0.393 e. The molecule has 4 saturated carbocycles. The molecule has 0 saturated heterocycles. The van der Waals surface area contributed by atoms with E-state index in [-0.39, 0.29) is 17.6 Å². The molecular formula is C27H42N2O2. The molecule has 0 aromatic carbocycles. The maximum absolute atomic E-state index is 11.5. The van der Waals surface area contributed by atoms with E-state index in [0.717, 1.165) is 49.8 Å². The van der Waals surface area contributed by atoms with Crippen molar-refractivity contribution in [1.29, 1.82) is 0 Å². The quantitative estimate of drug-likeness (QED) is 0.677. The number of aryl methyl sites for hydroxylation is 2. The molecule has 0 bridgehead atoms. The van der Waals surface area contributed by atoms with Crippen molar-refractivity contribution in [2.45, 2.75) is 105 Å². The summed E-state index contributed by atoms with van der Waals surface area (Å²) in [6.07, 6.45) is 11.0. The Labute approximate surface area is 188 Å². The summed E-state index contributed by atoms with van der Waals surface area (Å²) in [7, 11) is 0. The molecule has 0 aliphatic heterocycles. The highest BCUT2D eigenvalue weighted by Gasteiger charge is 2.61. The Hall–Kier alpha value is -1.13. The predicted molar refractivity (Wildman–Crippen MR) is 124 cm³/mol. The SMILES string of the molecule is CCn1nc(C)c(/C=C2\C[C@@H]3[C@H]4CC[C@H]5C[C@@H](O)CC[C@]5(C)[C@@H]4CC[C@@]3(C)[C@@H]2O)c1C. The molecule has 4 heteroatoms. The lowest BCUT2D eigenvalue weighted by molar-refractivity contribution is -0.133. The lowest BCUT2D eigenvalue weighted by Crippen LogP contribution is -2.54. The van der Waals surface area contributed by atoms with Crippen LogP contribution in [0.2, 0.25) is 0 Å². The van der Waals surface area contributed by atoms with Gasteiger partial charge in [-0.2, -0.15) is 5.10 Å². The van der Waals surface area contributed by atoms with Crippen LogP contribution in [0.3, 0.4) is 0 Å². The van der Waals surface area contributed by atoms with Gasteiger partial charge in [-0.3, -0.25) is 4.68 Å². The lowest BCUT2D eigenvalue weighted by atomic mass is 9.45. The van der Waals surface area contributed by atoms with Crippen LogP contribution in [0.1, 0.15) is 89.1 Å². The molecule has 1 aromatic rings. The van der Waals surface area contributed by atoms with Gasteiger partial charge in [0.15, 0.2) is 0 Å². The molecule has 2 N–H and O–H groups in total. The fourth-order valence-corrected chi connectivity index (χ4v) is 8.65. The summed E-state index contributed by atoms with van der Waals surface area (Å²) < 4.78 is 2.08. The number of aromatic nitrogens is 2. The van der Waals surface area contributed by atoms with Crippen molar-refractivity contribution in [2.24, 2.45) is 34.5 Å². The van der Waals surface area contributed by atoms with Crippen LogP contribution in [0.4, 0.5) is 0 Å². The Kier molecular flexibility index (Phi) is 5.21. The monoisotopic (exact) mass is 426 g/mol. The van der Waals surface area contributed by atoms with Crippen molar-refractivity contribution in [3.8, 4) is 0 Å². The molecule has 31 heavy (non-hydrogen) atoms. The van der Waals surface area contributed by atoms with E-state index < -0.39 is 0 Å². The second-order valence-electron chi connectivity index (χ2n) is 11.9. The topological polar surface area (TPSA) is 58.3 Å². The second-order valence-corrected chi connectivity index (χ2v) is 11.9. The van der Waals surface area contributed by atoms with E-state index in [1.54, 1.807) is 0 Å². The highest BCUT2D eigenvalue weighted by molar-refractivity contribution is 5.59. The average Bonchev–Trinajstić information content (AvgIpc) is 3.16. The van der Waals surface area contributed by atoms with Crippen LogP contribution in [-0.4, -0.2) is 32.2 Å². The zero-order valence-corrected chi connectivity index (χ0v) is 20.2. The highest BCUT2D eigenvalue weighted by Crippen LogP contribution is 2.67. The molecule has 0 unspecified atom stereocenters. The van der Waals surface area contributed by atoms with Gasteiger partial charge >= 0.3 is 0 Å². The summed E-state index contributed by atoms with van der Waals surface area (Å²) in [5.41, 5.74) is 5.13. The van der Waals surface area contributed by atoms with E-state index in [9.17, 15) is 10.2 Å².